The van der Waals surface area contributed by atoms with Crippen molar-refractivity contribution in [3.8, 4) is 11.1 Å². The first-order valence-corrected chi connectivity index (χ1v) is 14.4. The van der Waals surface area contributed by atoms with Gasteiger partial charge < -0.3 is 9.74 Å². The van der Waals surface area contributed by atoms with Gasteiger partial charge in [0.25, 0.3) is 0 Å². The maximum Gasteiger partial charge on any atom is 0.435 e. The second-order valence-electron chi connectivity index (χ2n) is 10.4. The van der Waals surface area contributed by atoms with Crippen molar-refractivity contribution in [2.45, 2.75) is 50.9 Å². The number of carbonyl (C=O) groups excluding carboxylic acids is 1. The first kappa shape index (κ1) is 27.2. The number of alkyl halides is 3. The minimum absolute atomic E-state index is 0.153. The molecule has 0 spiro atoms. The van der Waals surface area contributed by atoms with Gasteiger partial charge in [-0.15, -0.1) is 11.3 Å². The van der Waals surface area contributed by atoms with E-state index in [2.05, 4.69) is 46.7 Å². The summed E-state index contributed by atoms with van der Waals surface area (Å²) in [5.74, 6) is -0.0196. The summed E-state index contributed by atoms with van der Waals surface area (Å²) in [6, 6.07) is 19.5. The number of nitrogens with zero attached hydrogens (tertiary/aromatic N) is 5. The molecule has 1 saturated heterocycles. The number of benzene rings is 2. The van der Waals surface area contributed by atoms with Crippen molar-refractivity contribution in [1.82, 2.24) is 19.7 Å². The molecule has 41 heavy (non-hydrogen) atoms. The Morgan fingerprint density at radius 1 is 1.05 bits per heavy atom. The fourth-order valence-electron chi connectivity index (χ4n) is 5.25. The summed E-state index contributed by atoms with van der Waals surface area (Å²) in [7, 11) is 0. The van der Waals surface area contributed by atoms with Crippen LogP contribution in [0.2, 0.25) is 0 Å². The van der Waals surface area contributed by atoms with E-state index in [1.54, 1.807) is 16.2 Å². The van der Waals surface area contributed by atoms with Crippen molar-refractivity contribution in [2.75, 3.05) is 13.1 Å². The van der Waals surface area contributed by atoms with E-state index in [9.17, 15) is 18.0 Å². The van der Waals surface area contributed by atoms with Gasteiger partial charge in [-0.3, -0.25) is 9.48 Å². The lowest BCUT2D eigenvalue weighted by Crippen LogP contribution is -2.40. The fraction of sp³-hybridized carbons (Fsp3) is 0.333. The molecule has 1 amide bonds. The van der Waals surface area contributed by atoms with Crippen LogP contribution < -0.4 is 0 Å². The molecule has 0 saturated carbocycles. The molecule has 6 rings (SSSR count). The number of aryl methyl sites for hydroxylation is 1. The molecule has 2 aliphatic rings. The fourth-order valence-corrected chi connectivity index (χ4v) is 6.25. The van der Waals surface area contributed by atoms with E-state index in [0.717, 1.165) is 51.1 Å². The van der Waals surface area contributed by atoms with Crippen molar-refractivity contribution in [2.24, 2.45) is 5.16 Å². The molecule has 1 fully saturated rings. The lowest BCUT2D eigenvalue weighted by Gasteiger charge is -2.31. The molecule has 2 aromatic carbocycles. The van der Waals surface area contributed by atoms with Crippen molar-refractivity contribution >= 4 is 23.0 Å². The van der Waals surface area contributed by atoms with E-state index >= 15 is 0 Å². The standard InChI is InChI=1S/C30H28F3N5O2S/c1-19-15-27(30(31,32)33)35-38(19)17-28(39)37-13-11-23(12-14-37)29-34-25(18-41-29)24-16-26(40-36-24)22-9-7-21(8-10-22)20-5-3-2-4-6-20/h2-10,15,18,23,26H,11-14,16-17H2,1H3. The van der Waals surface area contributed by atoms with Gasteiger partial charge in [-0.1, -0.05) is 59.8 Å². The van der Waals surface area contributed by atoms with Gasteiger partial charge in [-0.05, 0) is 42.5 Å². The molecule has 2 aromatic heterocycles. The Morgan fingerprint density at radius 3 is 2.44 bits per heavy atom. The van der Waals surface area contributed by atoms with Gasteiger partial charge in [0.15, 0.2) is 11.8 Å². The number of piperidine rings is 1. The Hall–Kier alpha value is -3.99. The molecule has 4 aromatic rings. The summed E-state index contributed by atoms with van der Waals surface area (Å²) in [5.41, 5.74) is 4.35. The number of rotatable bonds is 6. The number of aromatic nitrogens is 3. The first-order chi connectivity index (χ1) is 19.7. The molecular formula is C30H28F3N5O2S. The van der Waals surface area contributed by atoms with Crippen molar-refractivity contribution in [1.29, 1.82) is 0 Å². The van der Waals surface area contributed by atoms with Crippen molar-refractivity contribution < 1.29 is 22.8 Å². The van der Waals surface area contributed by atoms with Crippen LogP contribution in [0.3, 0.4) is 0 Å². The molecular weight excluding hydrogens is 551 g/mol. The highest BCUT2D eigenvalue weighted by atomic mass is 32.1. The van der Waals surface area contributed by atoms with Gasteiger partial charge in [0.1, 0.15) is 12.3 Å². The van der Waals surface area contributed by atoms with Crippen LogP contribution in [0.25, 0.3) is 11.1 Å². The quantitative estimate of drug-likeness (QED) is 0.258. The van der Waals surface area contributed by atoms with Crippen LogP contribution in [0, 0.1) is 6.92 Å². The zero-order valence-corrected chi connectivity index (χ0v) is 23.2. The normalized spacial score (nSPS) is 17.9. The number of amides is 1. The van der Waals surface area contributed by atoms with Crippen LogP contribution in [0.1, 0.15) is 58.9 Å². The van der Waals surface area contributed by atoms with E-state index in [1.165, 1.54) is 12.5 Å². The monoisotopic (exact) mass is 579 g/mol. The third kappa shape index (κ3) is 5.90. The van der Waals surface area contributed by atoms with E-state index in [-0.39, 0.29) is 24.5 Å². The molecule has 11 heteroatoms. The Morgan fingerprint density at radius 2 is 1.76 bits per heavy atom. The van der Waals surface area contributed by atoms with Gasteiger partial charge in [-0.25, -0.2) is 4.98 Å². The summed E-state index contributed by atoms with van der Waals surface area (Å²) < 4.78 is 40.0. The molecule has 0 N–H and O–H groups in total. The van der Waals surface area contributed by atoms with Gasteiger partial charge in [0, 0.05) is 36.5 Å². The summed E-state index contributed by atoms with van der Waals surface area (Å²) in [4.78, 5) is 25.1. The number of thiazole rings is 1. The summed E-state index contributed by atoms with van der Waals surface area (Å²) in [6.07, 6.45) is -2.56. The minimum atomic E-state index is -4.53. The molecule has 1 unspecified atom stereocenters. The molecule has 2 aliphatic heterocycles. The van der Waals surface area contributed by atoms with Crippen LogP contribution >= 0.6 is 11.3 Å². The third-order valence-electron chi connectivity index (χ3n) is 7.63. The average molecular weight is 580 g/mol. The Kier molecular flexibility index (Phi) is 7.37. The predicted octanol–water partition coefficient (Wildman–Crippen LogP) is 6.61. The Balaban J connectivity index is 1.02. The zero-order valence-electron chi connectivity index (χ0n) is 22.3. The van der Waals surface area contributed by atoms with Gasteiger partial charge in [0.05, 0.1) is 10.7 Å². The zero-order chi connectivity index (χ0) is 28.6. The summed E-state index contributed by atoms with van der Waals surface area (Å²) in [5, 5.41) is 10.9. The van der Waals surface area contributed by atoms with Gasteiger partial charge in [0.2, 0.25) is 5.91 Å². The topological polar surface area (TPSA) is 72.6 Å². The highest BCUT2D eigenvalue weighted by Gasteiger charge is 2.35. The molecule has 0 radical (unpaired) electrons. The Bertz CT molecular complexity index is 1550. The number of oxime groups is 1. The second kappa shape index (κ2) is 11.1. The predicted molar refractivity (Wildman–Crippen MR) is 149 cm³/mol. The van der Waals surface area contributed by atoms with Crippen LogP contribution in [0.4, 0.5) is 13.2 Å². The number of hydrogen-bond donors (Lipinski definition) is 0. The Labute approximate surface area is 239 Å². The largest absolute Gasteiger partial charge is 0.435 e. The number of likely N-dealkylation sites (tertiary alicyclic amines) is 1. The van der Waals surface area contributed by atoms with E-state index in [4.69, 9.17) is 9.82 Å². The molecule has 0 aliphatic carbocycles. The highest BCUT2D eigenvalue weighted by molar-refractivity contribution is 7.10. The molecule has 4 heterocycles. The van der Waals surface area contributed by atoms with Crippen molar-refractivity contribution in [3.05, 3.63) is 93.7 Å². The highest BCUT2D eigenvalue weighted by Crippen LogP contribution is 2.35. The minimum Gasteiger partial charge on any atom is -0.387 e. The lowest BCUT2D eigenvalue weighted by molar-refractivity contribution is -0.142. The third-order valence-corrected chi connectivity index (χ3v) is 8.64. The molecule has 1 atom stereocenters. The molecule has 212 valence electrons. The maximum atomic E-state index is 13.0. The molecule has 0 bridgehead atoms. The van der Waals surface area contributed by atoms with Crippen LogP contribution in [-0.4, -0.2) is 44.4 Å². The van der Waals surface area contributed by atoms with E-state index < -0.39 is 11.9 Å². The summed E-state index contributed by atoms with van der Waals surface area (Å²) >= 11 is 1.59. The smallest absolute Gasteiger partial charge is 0.387 e. The van der Waals surface area contributed by atoms with E-state index in [1.807, 2.05) is 23.6 Å². The van der Waals surface area contributed by atoms with Crippen LogP contribution in [0.15, 0.2) is 71.2 Å². The summed E-state index contributed by atoms with van der Waals surface area (Å²) in [6.45, 7) is 2.36. The van der Waals surface area contributed by atoms with E-state index in [0.29, 0.717) is 25.2 Å². The number of carbonyl (C=O) groups is 1. The second-order valence-corrected chi connectivity index (χ2v) is 11.3. The SMILES string of the molecule is Cc1cc(C(F)(F)F)nn1CC(=O)N1CCC(c2nc(C3=NOC(c4ccc(-c5ccccc5)cc4)C3)cs2)CC1. The number of halogens is 3. The van der Waals surface area contributed by atoms with Crippen molar-refractivity contribution in [3.63, 3.8) is 0 Å². The van der Waals surface area contributed by atoms with Crippen LogP contribution in [-0.2, 0) is 22.4 Å². The first-order valence-electron chi connectivity index (χ1n) is 13.5. The average Bonchev–Trinajstić information content (AvgIpc) is 3.74. The maximum absolute atomic E-state index is 13.0. The number of hydrogen-bond acceptors (Lipinski definition) is 6. The molecule has 7 nitrogen and oxygen atoms in total. The lowest BCUT2D eigenvalue weighted by atomic mass is 9.97. The van der Waals surface area contributed by atoms with Crippen LogP contribution in [0.5, 0.6) is 0 Å². The van der Waals surface area contributed by atoms with Gasteiger partial charge >= 0.3 is 6.18 Å². The van der Waals surface area contributed by atoms with Gasteiger partial charge in [-0.2, -0.15) is 18.3 Å².